The number of carboxylic acids is 1. The molecule has 0 heterocycles. The molecular formula is C15H17ClO3. The van der Waals surface area contributed by atoms with Gasteiger partial charge in [-0.05, 0) is 43.7 Å². The summed E-state index contributed by atoms with van der Waals surface area (Å²) in [7, 11) is 0. The molecule has 1 fully saturated rings. The Kier molecular flexibility index (Phi) is 4.59. The molecule has 0 unspecified atom stereocenters. The van der Waals surface area contributed by atoms with Gasteiger partial charge < -0.3 is 5.11 Å². The molecule has 1 saturated carbocycles. The highest BCUT2D eigenvalue weighted by Gasteiger charge is 2.27. The van der Waals surface area contributed by atoms with Gasteiger partial charge in [0.05, 0.1) is 10.9 Å². The van der Waals surface area contributed by atoms with Gasteiger partial charge in [-0.3, -0.25) is 9.59 Å². The Balaban J connectivity index is 1.91. The third-order valence-corrected chi connectivity index (χ3v) is 4.17. The van der Waals surface area contributed by atoms with Gasteiger partial charge in [-0.15, -0.1) is 0 Å². The summed E-state index contributed by atoms with van der Waals surface area (Å²) < 4.78 is 0. The third-order valence-electron chi connectivity index (χ3n) is 3.84. The smallest absolute Gasteiger partial charge is 0.306 e. The normalized spacial score (nSPS) is 23.0. The van der Waals surface area contributed by atoms with Gasteiger partial charge >= 0.3 is 5.97 Å². The lowest BCUT2D eigenvalue weighted by Crippen LogP contribution is -2.22. The topological polar surface area (TPSA) is 54.4 Å². The standard InChI is InChI=1S/C15H17ClO3/c16-13-4-2-1-3-12(13)14(17)9-10-5-7-11(8-6-10)15(18)19/h1-4,10-11H,5-9H2,(H,18,19). The van der Waals surface area contributed by atoms with Crippen LogP contribution in [0.3, 0.4) is 0 Å². The molecule has 0 amide bonds. The summed E-state index contributed by atoms with van der Waals surface area (Å²) in [6, 6.07) is 7.07. The van der Waals surface area contributed by atoms with Crippen LogP contribution in [-0.2, 0) is 4.79 Å². The number of ketones is 1. The van der Waals surface area contributed by atoms with Crippen molar-refractivity contribution in [2.24, 2.45) is 11.8 Å². The molecule has 0 aliphatic heterocycles. The number of benzene rings is 1. The molecule has 1 aromatic rings. The highest BCUT2D eigenvalue weighted by atomic mass is 35.5. The number of rotatable bonds is 4. The minimum Gasteiger partial charge on any atom is -0.481 e. The monoisotopic (exact) mass is 280 g/mol. The fourth-order valence-corrected chi connectivity index (χ4v) is 2.91. The Bertz CT molecular complexity index is 476. The molecule has 1 aromatic carbocycles. The summed E-state index contributed by atoms with van der Waals surface area (Å²) >= 11 is 6.00. The number of aliphatic carboxylic acids is 1. The Morgan fingerprint density at radius 2 is 1.79 bits per heavy atom. The molecule has 0 radical (unpaired) electrons. The average molecular weight is 281 g/mol. The van der Waals surface area contributed by atoms with Crippen molar-refractivity contribution in [3.8, 4) is 0 Å². The van der Waals surface area contributed by atoms with Gasteiger partial charge in [0, 0.05) is 12.0 Å². The van der Waals surface area contributed by atoms with E-state index in [2.05, 4.69) is 0 Å². The van der Waals surface area contributed by atoms with Gasteiger partial charge in [-0.25, -0.2) is 0 Å². The molecule has 19 heavy (non-hydrogen) atoms. The maximum atomic E-state index is 12.1. The third kappa shape index (κ3) is 3.57. The van der Waals surface area contributed by atoms with Crippen LogP contribution >= 0.6 is 11.6 Å². The Morgan fingerprint density at radius 1 is 1.16 bits per heavy atom. The maximum Gasteiger partial charge on any atom is 0.306 e. The fraction of sp³-hybridized carbons (Fsp3) is 0.467. The quantitative estimate of drug-likeness (QED) is 0.854. The van der Waals surface area contributed by atoms with E-state index in [-0.39, 0.29) is 11.7 Å². The second kappa shape index (κ2) is 6.20. The first-order chi connectivity index (χ1) is 9.08. The van der Waals surface area contributed by atoms with Gasteiger partial charge in [-0.2, -0.15) is 0 Å². The van der Waals surface area contributed by atoms with Crippen LogP contribution in [0.5, 0.6) is 0 Å². The first kappa shape index (κ1) is 14.1. The molecule has 0 atom stereocenters. The van der Waals surface area contributed by atoms with E-state index in [0.717, 1.165) is 12.8 Å². The zero-order valence-electron chi connectivity index (χ0n) is 10.6. The molecule has 2 rings (SSSR count). The van der Waals surface area contributed by atoms with E-state index in [1.54, 1.807) is 24.3 Å². The highest BCUT2D eigenvalue weighted by Crippen LogP contribution is 2.32. The summed E-state index contributed by atoms with van der Waals surface area (Å²) in [6.45, 7) is 0. The molecule has 1 aliphatic carbocycles. The largest absolute Gasteiger partial charge is 0.481 e. The molecule has 0 spiro atoms. The summed E-state index contributed by atoms with van der Waals surface area (Å²) in [6.07, 6.45) is 3.45. The second-order valence-corrected chi connectivity index (χ2v) is 5.57. The van der Waals surface area contributed by atoms with Crippen molar-refractivity contribution in [2.45, 2.75) is 32.1 Å². The van der Waals surface area contributed by atoms with Gasteiger partial charge in [-0.1, -0.05) is 23.7 Å². The van der Waals surface area contributed by atoms with Crippen LogP contribution in [0, 0.1) is 11.8 Å². The van der Waals surface area contributed by atoms with Crippen molar-refractivity contribution in [2.75, 3.05) is 0 Å². The summed E-state index contributed by atoms with van der Waals surface area (Å²) in [5.74, 6) is -0.591. The number of carbonyl (C=O) groups excluding carboxylic acids is 1. The van der Waals surface area contributed by atoms with Crippen LogP contribution in [0.4, 0.5) is 0 Å². The SMILES string of the molecule is O=C(CC1CCC(C(=O)O)CC1)c1ccccc1Cl. The van der Waals surface area contributed by atoms with Gasteiger partial charge in [0.2, 0.25) is 0 Å². The number of carboxylic acid groups (broad SMARTS) is 1. The highest BCUT2D eigenvalue weighted by molar-refractivity contribution is 6.33. The zero-order chi connectivity index (χ0) is 13.8. The number of halogens is 1. The van der Waals surface area contributed by atoms with Gasteiger partial charge in [0.1, 0.15) is 0 Å². The second-order valence-electron chi connectivity index (χ2n) is 5.16. The minimum absolute atomic E-state index is 0.0596. The van der Waals surface area contributed by atoms with Crippen LogP contribution in [0.1, 0.15) is 42.5 Å². The van der Waals surface area contributed by atoms with E-state index in [1.807, 2.05) is 0 Å². The van der Waals surface area contributed by atoms with E-state index < -0.39 is 5.97 Å². The van der Waals surface area contributed by atoms with Crippen molar-refractivity contribution in [1.29, 1.82) is 0 Å². The number of hydrogen-bond acceptors (Lipinski definition) is 2. The van der Waals surface area contributed by atoms with Crippen LogP contribution in [0.25, 0.3) is 0 Å². The van der Waals surface area contributed by atoms with Crippen molar-refractivity contribution < 1.29 is 14.7 Å². The predicted molar refractivity (Wildman–Crippen MR) is 73.5 cm³/mol. The first-order valence-electron chi connectivity index (χ1n) is 6.58. The molecule has 102 valence electrons. The van der Waals surface area contributed by atoms with E-state index >= 15 is 0 Å². The van der Waals surface area contributed by atoms with Crippen molar-refractivity contribution in [3.05, 3.63) is 34.9 Å². The van der Waals surface area contributed by atoms with Crippen LogP contribution in [0.15, 0.2) is 24.3 Å². The molecule has 4 heteroatoms. The number of hydrogen-bond donors (Lipinski definition) is 1. The van der Waals surface area contributed by atoms with E-state index in [0.29, 0.717) is 35.8 Å². The molecule has 0 saturated heterocycles. The Hall–Kier alpha value is -1.35. The maximum absolute atomic E-state index is 12.1. The van der Waals surface area contributed by atoms with Crippen LogP contribution < -0.4 is 0 Å². The molecule has 3 nitrogen and oxygen atoms in total. The molecule has 1 N–H and O–H groups in total. The first-order valence-corrected chi connectivity index (χ1v) is 6.96. The summed E-state index contributed by atoms with van der Waals surface area (Å²) in [4.78, 5) is 23.0. The fourth-order valence-electron chi connectivity index (χ4n) is 2.67. The van der Waals surface area contributed by atoms with Crippen LogP contribution in [0.2, 0.25) is 5.02 Å². The molecule has 0 aromatic heterocycles. The molecule has 1 aliphatic rings. The Labute approximate surface area is 117 Å². The molecular weight excluding hydrogens is 264 g/mol. The summed E-state index contributed by atoms with van der Waals surface area (Å²) in [5, 5.41) is 9.43. The molecule has 0 bridgehead atoms. The van der Waals surface area contributed by atoms with E-state index in [4.69, 9.17) is 16.7 Å². The van der Waals surface area contributed by atoms with Crippen LogP contribution in [-0.4, -0.2) is 16.9 Å². The lowest BCUT2D eigenvalue weighted by atomic mass is 9.79. The van der Waals surface area contributed by atoms with Gasteiger partial charge in [0.25, 0.3) is 0 Å². The number of carbonyl (C=O) groups is 2. The minimum atomic E-state index is -0.712. The van der Waals surface area contributed by atoms with E-state index in [9.17, 15) is 9.59 Å². The van der Waals surface area contributed by atoms with Gasteiger partial charge in [0.15, 0.2) is 5.78 Å². The number of Topliss-reactive ketones (excluding diaryl/α,β-unsaturated/α-hetero) is 1. The lowest BCUT2D eigenvalue weighted by molar-refractivity contribution is -0.143. The van der Waals surface area contributed by atoms with Crippen molar-refractivity contribution in [3.63, 3.8) is 0 Å². The average Bonchev–Trinajstić information content (AvgIpc) is 2.39. The lowest BCUT2D eigenvalue weighted by Gasteiger charge is -2.25. The van der Waals surface area contributed by atoms with E-state index in [1.165, 1.54) is 0 Å². The van der Waals surface area contributed by atoms with Crippen molar-refractivity contribution >= 4 is 23.4 Å². The van der Waals surface area contributed by atoms with Crippen molar-refractivity contribution in [1.82, 2.24) is 0 Å². The zero-order valence-corrected chi connectivity index (χ0v) is 11.4. The summed E-state index contributed by atoms with van der Waals surface area (Å²) in [5.41, 5.74) is 0.574. The Morgan fingerprint density at radius 3 is 2.37 bits per heavy atom. The predicted octanol–water partition coefficient (Wildman–Crippen LogP) is 3.80.